The first kappa shape index (κ1) is 14.3. The molecule has 0 aromatic carbocycles. The van der Waals surface area contributed by atoms with Crippen LogP contribution in [0.25, 0.3) is 6.08 Å². The molecule has 1 aromatic heterocycles. The van der Waals surface area contributed by atoms with Crippen LogP contribution in [0.4, 0.5) is 0 Å². The molecule has 1 aliphatic rings. The zero-order chi connectivity index (χ0) is 13.8. The van der Waals surface area contributed by atoms with Crippen LogP contribution in [-0.2, 0) is 11.3 Å². The average Bonchev–Trinajstić information content (AvgIpc) is 2.77. The Hall–Kier alpha value is -1.13. The largest absolute Gasteiger partial charge is 0.478 e. The summed E-state index contributed by atoms with van der Waals surface area (Å²) in [5.74, 6) is -0.0710. The minimum Gasteiger partial charge on any atom is -0.478 e. The van der Waals surface area contributed by atoms with E-state index in [9.17, 15) is 4.79 Å². The number of piperidine rings is 1. The van der Waals surface area contributed by atoms with E-state index < -0.39 is 5.97 Å². The van der Waals surface area contributed by atoms with Crippen molar-refractivity contribution in [3.63, 3.8) is 0 Å². The van der Waals surface area contributed by atoms with Crippen LogP contribution in [0.5, 0.6) is 0 Å². The number of aliphatic carboxylic acids is 1. The van der Waals surface area contributed by atoms with Gasteiger partial charge in [0.1, 0.15) is 0 Å². The molecule has 0 amide bonds. The summed E-state index contributed by atoms with van der Waals surface area (Å²) < 4.78 is 0. The molecular formula is C15H21NO2S. The molecule has 0 aliphatic carbocycles. The van der Waals surface area contributed by atoms with E-state index in [1.165, 1.54) is 23.8 Å². The molecule has 1 aliphatic heterocycles. The molecule has 1 N–H and O–H groups in total. The number of hydrogen-bond donors (Lipinski definition) is 1. The standard InChI is InChI=1S/C15H21NO2S/c1-11-5-7-16(12(2)9-11)10-14-13(6-8-19-14)3-4-15(17)18/h3-4,6,8,11-12H,5,7,9-10H2,1-2H3,(H,17,18). The van der Waals surface area contributed by atoms with Gasteiger partial charge in [-0.15, -0.1) is 11.3 Å². The van der Waals surface area contributed by atoms with E-state index in [4.69, 9.17) is 5.11 Å². The van der Waals surface area contributed by atoms with Gasteiger partial charge in [-0.3, -0.25) is 4.90 Å². The van der Waals surface area contributed by atoms with E-state index in [2.05, 4.69) is 18.7 Å². The first-order chi connectivity index (χ1) is 9.06. The van der Waals surface area contributed by atoms with Gasteiger partial charge in [0.05, 0.1) is 0 Å². The number of rotatable bonds is 4. The highest BCUT2D eigenvalue weighted by atomic mass is 32.1. The highest BCUT2D eigenvalue weighted by molar-refractivity contribution is 7.10. The van der Waals surface area contributed by atoms with Crippen LogP contribution < -0.4 is 0 Å². The molecule has 1 aromatic rings. The fourth-order valence-corrected chi connectivity index (χ4v) is 3.56. The molecular weight excluding hydrogens is 258 g/mol. The maximum Gasteiger partial charge on any atom is 0.328 e. The lowest BCUT2D eigenvalue weighted by Gasteiger charge is -2.36. The van der Waals surface area contributed by atoms with Gasteiger partial charge >= 0.3 is 5.97 Å². The second-order valence-corrected chi connectivity index (χ2v) is 6.42. The summed E-state index contributed by atoms with van der Waals surface area (Å²) in [6.45, 7) is 6.68. The van der Waals surface area contributed by atoms with Crippen molar-refractivity contribution < 1.29 is 9.90 Å². The van der Waals surface area contributed by atoms with Crippen molar-refractivity contribution in [2.45, 2.75) is 39.3 Å². The van der Waals surface area contributed by atoms with Crippen LogP contribution in [0, 0.1) is 5.92 Å². The van der Waals surface area contributed by atoms with Crippen molar-refractivity contribution in [2.75, 3.05) is 6.54 Å². The van der Waals surface area contributed by atoms with Gasteiger partial charge in [0, 0.05) is 23.5 Å². The third-order valence-corrected chi connectivity index (χ3v) is 4.73. The zero-order valence-electron chi connectivity index (χ0n) is 11.5. The van der Waals surface area contributed by atoms with E-state index >= 15 is 0 Å². The molecule has 19 heavy (non-hydrogen) atoms. The molecule has 0 saturated carbocycles. The lowest BCUT2D eigenvalue weighted by Crippen LogP contribution is -2.39. The monoisotopic (exact) mass is 279 g/mol. The van der Waals surface area contributed by atoms with Gasteiger partial charge in [0.2, 0.25) is 0 Å². The third-order valence-electron chi connectivity index (χ3n) is 3.81. The number of carboxylic acid groups (broad SMARTS) is 1. The lowest BCUT2D eigenvalue weighted by atomic mass is 9.93. The molecule has 3 nitrogen and oxygen atoms in total. The third kappa shape index (κ3) is 3.91. The Morgan fingerprint density at radius 2 is 2.37 bits per heavy atom. The quantitative estimate of drug-likeness (QED) is 0.858. The zero-order valence-corrected chi connectivity index (χ0v) is 12.3. The number of carbonyl (C=O) groups is 1. The summed E-state index contributed by atoms with van der Waals surface area (Å²) in [5, 5.41) is 10.7. The topological polar surface area (TPSA) is 40.5 Å². The summed E-state index contributed by atoms with van der Waals surface area (Å²) in [4.78, 5) is 14.4. The Labute approximate surface area is 118 Å². The molecule has 104 valence electrons. The van der Waals surface area contributed by atoms with Crippen LogP contribution in [0.2, 0.25) is 0 Å². The van der Waals surface area contributed by atoms with Gasteiger partial charge in [-0.2, -0.15) is 0 Å². The maximum atomic E-state index is 10.6. The SMILES string of the molecule is CC1CCN(Cc2sccc2C=CC(=O)O)C(C)C1. The van der Waals surface area contributed by atoms with E-state index in [-0.39, 0.29) is 0 Å². The normalized spacial score (nSPS) is 24.9. The van der Waals surface area contributed by atoms with Crippen LogP contribution in [0.3, 0.4) is 0 Å². The second-order valence-electron chi connectivity index (χ2n) is 5.42. The van der Waals surface area contributed by atoms with Crippen LogP contribution >= 0.6 is 11.3 Å². The van der Waals surface area contributed by atoms with Crippen molar-refractivity contribution in [1.29, 1.82) is 0 Å². The first-order valence-electron chi connectivity index (χ1n) is 6.77. The van der Waals surface area contributed by atoms with Crippen molar-refractivity contribution in [1.82, 2.24) is 4.90 Å². The van der Waals surface area contributed by atoms with Crippen LogP contribution in [0.15, 0.2) is 17.5 Å². The molecule has 4 heteroatoms. The second kappa shape index (κ2) is 6.35. The molecule has 2 atom stereocenters. The summed E-state index contributed by atoms with van der Waals surface area (Å²) in [6, 6.07) is 2.61. The predicted octanol–water partition coefficient (Wildman–Crippen LogP) is 3.47. The van der Waals surface area contributed by atoms with Gasteiger partial charge in [-0.1, -0.05) is 6.92 Å². The van der Waals surface area contributed by atoms with Crippen LogP contribution in [-0.4, -0.2) is 28.6 Å². The minimum absolute atomic E-state index is 0.613. The minimum atomic E-state index is -0.891. The van der Waals surface area contributed by atoms with Gasteiger partial charge < -0.3 is 5.11 Å². The highest BCUT2D eigenvalue weighted by Gasteiger charge is 2.23. The molecule has 0 bridgehead atoms. The molecule has 2 heterocycles. The van der Waals surface area contributed by atoms with Crippen molar-refractivity contribution >= 4 is 23.4 Å². The van der Waals surface area contributed by atoms with Crippen LogP contribution in [0.1, 0.15) is 37.1 Å². The average molecular weight is 279 g/mol. The molecule has 0 spiro atoms. The van der Waals surface area contributed by atoms with Crippen molar-refractivity contribution in [3.05, 3.63) is 28.0 Å². The van der Waals surface area contributed by atoms with Gasteiger partial charge in [0.25, 0.3) is 0 Å². The van der Waals surface area contributed by atoms with Gasteiger partial charge in [-0.05, 0) is 55.3 Å². The van der Waals surface area contributed by atoms with E-state index in [0.717, 1.165) is 24.6 Å². The van der Waals surface area contributed by atoms with E-state index in [0.29, 0.717) is 6.04 Å². The highest BCUT2D eigenvalue weighted by Crippen LogP contribution is 2.27. The number of nitrogens with zero attached hydrogens (tertiary/aromatic N) is 1. The van der Waals surface area contributed by atoms with E-state index in [1.54, 1.807) is 17.4 Å². The Balaban J connectivity index is 2.03. The molecule has 0 radical (unpaired) electrons. The maximum absolute atomic E-state index is 10.6. The Bertz CT molecular complexity index is 466. The summed E-state index contributed by atoms with van der Waals surface area (Å²) in [5.41, 5.74) is 1.04. The molecule has 2 rings (SSSR count). The number of hydrogen-bond acceptors (Lipinski definition) is 3. The summed E-state index contributed by atoms with van der Waals surface area (Å²) in [6.07, 6.45) is 5.43. The van der Waals surface area contributed by atoms with Gasteiger partial charge in [-0.25, -0.2) is 4.79 Å². The molecule has 2 unspecified atom stereocenters. The molecule has 1 saturated heterocycles. The summed E-state index contributed by atoms with van der Waals surface area (Å²) in [7, 11) is 0. The Morgan fingerprint density at radius 3 is 3.05 bits per heavy atom. The Kier molecular flexibility index (Phi) is 4.77. The fourth-order valence-electron chi connectivity index (χ4n) is 2.66. The van der Waals surface area contributed by atoms with E-state index in [1.807, 2.05) is 11.4 Å². The predicted molar refractivity (Wildman–Crippen MR) is 79.3 cm³/mol. The van der Waals surface area contributed by atoms with Crippen molar-refractivity contribution in [2.24, 2.45) is 5.92 Å². The number of likely N-dealkylation sites (tertiary alicyclic amines) is 1. The summed E-state index contributed by atoms with van der Waals surface area (Å²) >= 11 is 1.71. The lowest BCUT2D eigenvalue weighted by molar-refractivity contribution is -0.131. The molecule has 1 fully saturated rings. The number of thiophene rings is 1. The van der Waals surface area contributed by atoms with Crippen molar-refractivity contribution in [3.8, 4) is 0 Å². The van der Waals surface area contributed by atoms with Gasteiger partial charge in [0.15, 0.2) is 0 Å². The fraction of sp³-hybridized carbons (Fsp3) is 0.533. The Morgan fingerprint density at radius 1 is 1.58 bits per heavy atom. The first-order valence-corrected chi connectivity index (χ1v) is 7.65. The smallest absolute Gasteiger partial charge is 0.328 e. The number of carboxylic acids is 1.